The summed E-state index contributed by atoms with van der Waals surface area (Å²) in [6, 6.07) is 18.8. The van der Waals surface area contributed by atoms with Crippen molar-refractivity contribution in [1.29, 1.82) is 0 Å². The molecule has 0 amide bonds. The maximum Gasteiger partial charge on any atom is 0.311 e. The van der Waals surface area contributed by atoms with Crippen LogP contribution in [0.25, 0.3) is 32.3 Å². The minimum atomic E-state index is -0.922. The van der Waals surface area contributed by atoms with Crippen LogP contribution >= 0.6 is 0 Å². The van der Waals surface area contributed by atoms with Gasteiger partial charge in [0.1, 0.15) is 12.0 Å². The summed E-state index contributed by atoms with van der Waals surface area (Å²) in [4.78, 5) is 36.1. The molecule has 1 aliphatic carbocycles. The number of carboxylic acids is 1. The fourth-order valence-corrected chi connectivity index (χ4v) is 6.50. The van der Waals surface area contributed by atoms with Crippen molar-refractivity contribution in [3.8, 4) is 0 Å². The first-order valence-corrected chi connectivity index (χ1v) is 14.8. The summed E-state index contributed by atoms with van der Waals surface area (Å²) >= 11 is 0. The SMILES string of the molecule is COC1=C(C(CCCC=O)C(=O)O)C=CC(CCCCCC(=O)c2ccc3ccc4cccc5ccc2c3c45)(OC)C1. The lowest BCUT2D eigenvalue weighted by atomic mass is 9.81. The molecule has 4 aromatic rings. The number of Topliss-reactive ketones (excluding diaryl/α,β-unsaturated/α-hetero) is 1. The molecule has 1 N–H and O–H groups in total. The van der Waals surface area contributed by atoms with Gasteiger partial charge in [0.25, 0.3) is 0 Å². The highest BCUT2D eigenvalue weighted by Gasteiger charge is 2.35. The second-order valence-electron chi connectivity index (χ2n) is 11.3. The molecule has 2 unspecified atom stereocenters. The first kappa shape index (κ1) is 29.5. The van der Waals surface area contributed by atoms with Crippen molar-refractivity contribution in [2.24, 2.45) is 5.92 Å². The summed E-state index contributed by atoms with van der Waals surface area (Å²) < 4.78 is 11.6. The van der Waals surface area contributed by atoms with Crippen LogP contribution in [-0.4, -0.2) is 43.0 Å². The number of unbranched alkanes of at least 4 members (excludes halogenated alkanes) is 3. The van der Waals surface area contributed by atoms with Crippen LogP contribution in [0.1, 0.15) is 68.1 Å². The van der Waals surface area contributed by atoms with Gasteiger partial charge in [-0.3, -0.25) is 9.59 Å². The quantitative estimate of drug-likeness (QED) is 0.0678. The number of hydrogen-bond acceptors (Lipinski definition) is 5. The molecular formula is C36H38O6. The third kappa shape index (κ3) is 5.82. The molecular weight excluding hydrogens is 528 g/mol. The first-order chi connectivity index (χ1) is 20.4. The van der Waals surface area contributed by atoms with Crippen molar-refractivity contribution in [3.63, 3.8) is 0 Å². The summed E-state index contributed by atoms with van der Waals surface area (Å²) in [5, 5.41) is 16.7. The Morgan fingerprint density at radius 3 is 2.33 bits per heavy atom. The molecule has 2 atom stereocenters. The van der Waals surface area contributed by atoms with Crippen LogP contribution in [0.5, 0.6) is 0 Å². The molecule has 0 aliphatic heterocycles. The number of aliphatic carboxylic acids is 1. The van der Waals surface area contributed by atoms with Gasteiger partial charge in [-0.2, -0.15) is 0 Å². The van der Waals surface area contributed by atoms with Gasteiger partial charge in [-0.15, -0.1) is 0 Å². The van der Waals surface area contributed by atoms with Crippen molar-refractivity contribution < 1.29 is 29.0 Å². The predicted octanol–water partition coefficient (Wildman–Crippen LogP) is 8.03. The smallest absolute Gasteiger partial charge is 0.311 e. The van der Waals surface area contributed by atoms with Crippen molar-refractivity contribution in [3.05, 3.63) is 83.6 Å². The monoisotopic (exact) mass is 566 g/mol. The average Bonchev–Trinajstić information content (AvgIpc) is 3.01. The van der Waals surface area contributed by atoms with E-state index >= 15 is 0 Å². The molecule has 0 spiro atoms. The van der Waals surface area contributed by atoms with E-state index in [-0.39, 0.29) is 5.78 Å². The first-order valence-electron chi connectivity index (χ1n) is 14.8. The second kappa shape index (κ2) is 12.9. The van der Waals surface area contributed by atoms with Gasteiger partial charge >= 0.3 is 5.97 Å². The Bertz CT molecular complexity index is 1650. The van der Waals surface area contributed by atoms with E-state index in [4.69, 9.17) is 9.47 Å². The summed E-state index contributed by atoms with van der Waals surface area (Å²) in [6.45, 7) is 0. The van der Waals surface area contributed by atoms with E-state index in [0.29, 0.717) is 43.4 Å². The van der Waals surface area contributed by atoms with Crippen LogP contribution in [0.15, 0.2) is 78.1 Å². The van der Waals surface area contributed by atoms with Gasteiger partial charge in [0.15, 0.2) is 5.78 Å². The fraction of sp³-hybridized carbons (Fsp3) is 0.361. The van der Waals surface area contributed by atoms with Gasteiger partial charge in [0, 0.05) is 37.5 Å². The van der Waals surface area contributed by atoms with Gasteiger partial charge in [-0.25, -0.2) is 0 Å². The standard InChI is InChI=1S/C36H38O6/c1-41-32-23-36(42-2,21-19-28(32)30(35(39)40)11-5-7-22-37)20-6-3-4-12-31(38)27-17-15-26-14-13-24-9-8-10-25-16-18-29(27)34(26)33(24)25/h8-10,13-19,21-22,30H,3-7,11-12,20,23H2,1-2H3,(H,39,40). The number of carbonyl (C=O) groups excluding carboxylic acids is 2. The molecule has 218 valence electrons. The fourth-order valence-electron chi connectivity index (χ4n) is 6.50. The summed E-state index contributed by atoms with van der Waals surface area (Å²) in [6.07, 6.45) is 9.99. The maximum absolute atomic E-state index is 13.4. The number of rotatable bonds is 15. The molecule has 0 fully saturated rings. The molecule has 6 heteroatoms. The molecule has 4 aromatic carbocycles. The lowest BCUT2D eigenvalue weighted by molar-refractivity contribution is -0.140. The van der Waals surface area contributed by atoms with Crippen molar-refractivity contribution in [2.45, 2.75) is 63.4 Å². The molecule has 5 rings (SSSR count). The van der Waals surface area contributed by atoms with Crippen LogP contribution in [0, 0.1) is 5.92 Å². The topological polar surface area (TPSA) is 89.9 Å². The van der Waals surface area contributed by atoms with E-state index in [1.54, 1.807) is 14.2 Å². The molecule has 0 aromatic heterocycles. The number of carboxylic acid groups (broad SMARTS) is 1. The van der Waals surface area contributed by atoms with Crippen molar-refractivity contribution >= 4 is 50.4 Å². The number of methoxy groups -OCH3 is 2. The van der Waals surface area contributed by atoms with Crippen LogP contribution in [0.2, 0.25) is 0 Å². The molecule has 0 saturated heterocycles. The van der Waals surface area contributed by atoms with E-state index in [9.17, 15) is 19.5 Å². The summed E-state index contributed by atoms with van der Waals surface area (Å²) in [5.41, 5.74) is 0.840. The van der Waals surface area contributed by atoms with Crippen LogP contribution in [-0.2, 0) is 19.1 Å². The van der Waals surface area contributed by atoms with E-state index in [0.717, 1.165) is 53.7 Å². The second-order valence-corrected chi connectivity index (χ2v) is 11.3. The van der Waals surface area contributed by atoms with Gasteiger partial charge in [-0.05, 0) is 58.0 Å². The van der Waals surface area contributed by atoms with Gasteiger partial charge < -0.3 is 19.4 Å². The number of benzene rings is 4. The van der Waals surface area contributed by atoms with E-state index in [2.05, 4.69) is 48.5 Å². The lowest BCUT2D eigenvalue weighted by Gasteiger charge is -2.34. The molecule has 6 nitrogen and oxygen atoms in total. The van der Waals surface area contributed by atoms with Crippen molar-refractivity contribution in [1.82, 2.24) is 0 Å². The van der Waals surface area contributed by atoms with Crippen LogP contribution in [0.3, 0.4) is 0 Å². The maximum atomic E-state index is 13.4. The van der Waals surface area contributed by atoms with Gasteiger partial charge in [0.2, 0.25) is 0 Å². The lowest BCUT2D eigenvalue weighted by Crippen LogP contribution is -2.33. The molecule has 0 radical (unpaired) electrons. The summed E-state index contributed by atoms with van der Waals surface area (Å²) in [5.74, 6) is -0.872. The highest BCUT2D eigenvalue weighted by Crippen LogP contribution is 2.39. The van der Waals surface area contributed by atoms with Gasteiger partial charge in [0.05, 0.1) is 18.6 Å². The van der Waals surface area contributed by atoms with Crippen LogP contribution in [0.4, 0.5) is 0 Å². The Morgan fingerprint density at radius 2 is 1.64 bits per heavy atom. The van der Waals surface area contributed by atoms with E-state index in [1.807, 2.05) is 18.2 Å². The Labute approximate surface area is 246 Å². The Kier molecular flexibility index (Phi) is 9.03. The Morgan fingerprint density at radius 1 is 0.929 bits per heavy atom. The number of allylic oxidation sites excluding steroid dienone is 1. The number of ketones is 1. The Balaban J connectivity index is 1.21. The minimum Gasteiger partial charge on any atom is -0.501 e. The third-order valence-electron chi connectivity index (χ3n) is 8.82. The zero-order chi connectivity index (χ0) is 29.7. The zero-order valence-corrected chi connectivity index (χ0v) is 24.4. The van der Waals surface area contributed by atoms with E-state index < -0.39 is 17.5 Å². The molecule has 1 aliphatic rings. The highest BCUT2D eigenvalue weighted by atomic mass is 16.5. The molecule has 0 bridgehead atoms. The zero-order valence-electron chi connectivity index (χ0n) is 24.4. The number of ether oxygens (including phenoxy) is 2. The molecule has 0 heterocycles. The summed E-state index contributed by atoms with van der Waals surface area (Å²) in [7, 11) is 3.22. The molecule has 0 saturated carbocycles. The third-order valence-corrected chi connectivity index (χ3v) is 8.82. The average molecular weight is 567 g/mol. The van der Waals surface area contributed by atoms with Crippen LogP contribution < -0.4 is 0 Å². The number of aldehydes is 1. The normalized spacial score (nSPS) is 17.8. The Hall–Kier alpha value is -4.03. The number of hydrogen-bond donors (Lipinski definition) is 1. The minimum absolute atomic E-state index is 0.162. The largest absolute Gasteiger partial charge is 0.501 e. The number of carbonyl (C=O) groups is 3. The van der Waals surface area contributed by atoms with Crippen molar-refractivity contribution in [2.75, 3.05) is 14.2 Å². The highest BCUT2D eigenvalue weighted by molar-refractivity contribution is 6.26. The van der Waals surface area contributed by atoms with Gasteiger partial charge in [-0.1, -0.05) is 79.6 Å². The molecule has 42 heavy (non-hydrogen) atoms. The van der Waals surface area contributed by atoms with E-state index in [1.165, 1.54) is 16.2 Å². The predicted molar refractivity (Wildman–Crippen MR) is 166 cm³/mol.